The van der Waals surface area contributed by atoms with Crippen LogP contribution in [0.4, 0.5) is 8.78 Å². The van der Waals surface area contributed by atoms with E-state index in [9.17, 15) is 13.6 Å². The molecular weight excluding hydrogens is 256 g/mol. The predicted octanol–water partition coefficient (Wildman–Crippen LogP) is 4.13. The van der Waals surface area contributed by atoms with E-state index < -0.39 is 38.0 Å². The lowest BCUT2D eigenvalue weighted by molar-refractivity contribution is 0.101. The molecule has 0 fully saturated rings. The minimum absolute atomic E-state index is 0.396. The van der Waals surface area contributed by atoms with Gasteiger partial charge in [0, 0.05) is 0 Å². The van der Waals surface area contributed by atoms with Crippen molar-refractivity contribution in [3.8, 4) is 0 Å². The molecule has 0 amide bonds. The summed E-state index contributed by atoms with van der Waals surface area (Å²) >= 11 is 16.1. The van der Waals surface area contributed by atoms with Crippen LogP contribution in [0.5, 0.6) is 0 Å². The highest BCUT2D eigenvalue weighted by Crippen LogP contribution is 2.35. The van der Waals surface area contributed by atoms with Gasteiger partial charge in [-0.3, -0.25) is 4.79 Å². The summed E-state index contributed by atoms with van der Waals surface area (Å²) < 4.78 is 26.2. The molecular formula is C8H3Cl3F2O. The fourth-order valence-corrected chi connectivity index (χ4v) is 1.89. The van der Waals surface area contributed by atoms with E-state index in [1.165, 1.54) is 0 Å². The molecule has 0 atom stereocenters. The smallest absolute Gasteiger partial charge is 0.164 e. The minimum atomic E-state index is -1.18. The van der Waals surface area contributed by atoms with Gasteiger partial charge in [0.25, 0.3) is 0 Å². The molecule has 76 valence electrons. The third-order valence-corrected chi connectivity index (χ3v) is 2.60. The summed E-state index contributed by atoms with van der Waals surface area (Å²) in [6.45, 7) is 1.10. The third kappa shape index (κ3) is 1.72. The quantitative estimate of drug-likeness (QED) is 0.421. The van der Waals surface area contributed by atoms with Crippen molar-refractivity contribution in [2.45, 2.75) is 6.92 Å². The van der Waals surface area contributed by atoms with Crippen LogP contribution >= 0.6 is 34.8 Å². The van der Waals surface area contributed by atoms with Crippen LogP contribution in [0.25, 0.3) is 0 Å². The lowest BCUT2D eigenvalue weighted by Crippen LogP contribution is -2.01. The van der Waals surface area contributed by atoms with Crippen molar-refractivity contribution in [2.75, 3.05) is 0 Å². The lowest BCUT2D eigenvalue weighted by atomic mass is 10.1. The molecule has 0 saturated heterocycles. The molecule has 0 saturated carbocycles. The number of benzene rings is 1. The Hall–Kier alpha value is -0.380. The van der Waals surface area contributed by atoms with Gasteiger partial charge in [-0.25, -0.2) is 8.78 Å². The van der Waals surface area contributed by atoms with E-state index in [2.05, 4.69) is 0 Å². The zero-order valence-corrected chi connectivity index (χ0v) is 9.07. The molecule has 0 aliphatic rings. The summed E-state index contributed by atoms with van der Waals surface area (Å²) in [7, 11) is 0. The van der Waals surface area contributed by atoms with E-state index in [-0.39, 0.29) is 0 Å². The van der Waals surface area contributed by atoms with Gasteiger partial charge in [-0.2, -0.15) is 0 Å². The minimum Gasteiger partial charge on any atom is -0.294 e. The normalized spacial score (nSPS) is 10.4. The predicted molar refractivity (Wildman–Crippen MR) is 51.4 cm³/mol. The van der Waals surface area contributed by atoms with Gasteiger partial charge in [0.1, 0.15) is 5.02 Å². The molecule has 0 aliphatic carbocycles. The van der Waals surface area contributed by atoms with E-state index in [4.69, 9.17) is 34.8 Å². The second-order valence-corrected chi connectivity index (χ2v) is 3.63. The number of carbonyl (C=O) groups is 1. The Morgan fingerprint density at radius 1 is 1.00 bits per heavy atom. The second-order valence-electron chi connectivity index (χ2n) is 2.50. The molecule has 1 aromatic rings. The highest BCUT2D eigenvalue weighted by atomic mass is 35.5. The van der Waals surface area contributed by atoms with Gasteiger partial charge in [0.05, 0.1) is 15.6 Å². The lowest BCUT2D eigenvalue weighted by Gasteiger charge is -2.07. The first-order chi connectivity index (χ1) is 6.37. The van der Waals surface area contributed by atoms with Crippen LogP contribution in [0.1, 0.15) is 17.3 Å². The maximum atomic E-state index is 13.1. The fraction of sp³-hybridized carbons (Fsp3) is 0.125. The maximum absolute atomic E-state index is 13.1. The van der Waals surface area contributed by atoms with E-state index in [0.717, 1.165) is 6.92 Å². The van der Waals surface area contributed by atoms with Gasteiger partial charge in [-0.15, -0.1) is 0 Å². The van der Waals surface area contributed by atoms with Crippen molar-refractivity contribution >= 4 is 40.6 Å². The van der Waals surface area contributed by atoms with Crippen LogP contribution < -0.4 is 0 Å². The summed E-state index contributed by atoms with van der Waals surface area (Å²) in [5, 5.41) is -1.94. The number of ketones is 1. The van der Waals surface area contributed by atoms with Crippen molar-refractivity contribution in [1.82, 2.24) is 0 Å². The number of hydrogen-bond acceptors (Lipinski definition) is 1. The summed E-state index contributed by atoms with van der Waals surface area (Å²) in [6.07, 6.45) is 0. The Balaban J connectivity index is 3.68. The molecule has 6 heteroatoms. The molecule has 1 aromatic carbocycles. The van der Waals surface area contributed by atoms with Crippen LogP contribution in [-0.4, -0.2) is 5.78 Å². The van der Waals surface area contributed by atoms with Crippen molar-refractivity contribution in [1.29, 1.82) is 0 Å². The van der Waals surface area contributed by atoms with Gasteiger partial charge in [0.2, 0.25) is 0 Å². The van der Waals surface area contributed by atoms with E-state index in [0.29, 0.717) is 0 Å². The van der Waals surface area contributed by atoms with E-state index in [1.54, 1.807) is 0 Å². The molecule has 1 rings (SSSR count). The van der Waals surface area contributed by atoms with Crippen molar-refractivity contribution in [3.05, 3.63) is 32.3 Å². The van der Waals surface area contributed by atoms with E-state index in [1.807, 2.05) is 0 Å². The van der Waals surface area contributed by atoms with Crippen LogP contribution in [-0.2, 0) is 0 Å². The summed E-state index contributed by atoms with van der Waals surface area (Å²) in [4.78, 5) is 11.0. The first-order valence-corrected chi connectivity index (χ1v) is 4.53. The number of carbonyl (C=O) groups excluding carboxylic acids is 1. The van der Waals surface area contributed by atoms with Crippen LogP contribution in [0.15, 0.2) is 0 Å². The average molecular weight is 259 g/mol. The average Bonchev–Trinajstić information content (AvgIpc) is 2.11. The highest BCUT2D eigenvalue weighted by molar-refractivity contribution is 6.42. The summed E-state index contributed by atoms with van der Waals surface area (Å²) in [6, 6.07) is 0. The summed E-state index contributed by atoms with van der Waals surface area (Å²) in [5.74, 6) is -2.99. The number of Topliss-reactive ketones (excluding diaryl/α,β-unsaturated/α-hetero) is 1. The Labute approximate surface area is 93.6 Å². The van der Waals surface area contributed by atoms with Crippen molar-refractivity contribution in [3.63, 3.8) is 0 Å². The number of halogens is 5. The maximum Gasteiger partial charge on any atom is 0.164 e. The SMILES string of the molecule is CC(=O)c1c(Cl)c(F)c(Cl)c(F)c1Cl. The Kier molecular flexibility index (Phi) is 3.35. The largest absolute Gasteiger partial charge is 0.294 e. The van der Waals surface area contributed by atoms with Gasteiger partial charge in [-0.05, 0) is 6.92 Å². The Morgan fingerprint density at radius 2 is 1.36 bits per heavy atom. The zero-order chi connectivity index (χ0) is 11.0. The molecule has 0 N–H and O–H groups in total. The molecule has 1 nitrogen and oxygen atoms in total. The number of rotatable bonds is 1. The zero-order valence-electron chi connectivity index (χ0n) is 6.80. The first-order valence-electron chi connectivity index (χ1n) is 3.40. The Bertz CT molecular complexity index is 389. The first kappa shape index (κ1) is 11.7. The van der Waals surface area contributed by atoms with E-state index >= 15 is 0 Å². The van der Waals surface area contributed by atoms with Gasteiger partial charge in [-0.1, -0.05) is 34.8 Å². The monoisotopic (exact) mass is 258 g/mol. The standard InChI is InChI=1S/C8H3Cl3F2O/c1-2(14)3-4(9)7(12)6(11)8(13)5(3)10/h1H3. The fourth-order valence-electron chi connectivity index (χ4n) is 0.914. The van der Waals surface area contributed by atoms with Crippen molar-refractivity contribution in [2.24, 2.45) is 0 Å². The second kappa shape index (κ2) is 4.01. The summed E-state index contributed by atoms with van der Waals surface area (Å²) in [5.41, 5.74) is -0.396. The molecule has 0 radical (unpaired) electrons. The van der Waals surface area contributed by atoms with Crippen molar-refractivity contribution < 1.29 is 13.6 Å². The molecule has 0 spiro atoms. The highest BCUT2D eigenvalue weighted by Gasteiger charge is 2.23. The number of hydrogen-bond donors (Lipinski definition) is 0. The van der Waals surface area contributed by atoms with Gasteiger partial charge < -0.3 is 0 Å². The molecule has 0 bridgehead atoms. The Morgan fingerprint density at radius 3 is 1.64 bits per heavy atom. The third-order valence-electron chi connectivity index (χ3n) is 1.56. The molecule has 0 heterocycles. The topological polar surface area (TPSA) is 17.1 Å². The molecule has 14 heavy (non-hydrogen) atoms. The molecule has 0 aromatic heterocycles. The molecule has 0 aliphatic heterocycles. The van der Waals surface area contributed by atoms with Crippen LogP contribution in [0, 0.1) is 11.6 Å². The van der Waals surface area contributed by atoms with Gasteiger partial charge in [0.15, 0.2) is 17.4 Å². The van der Waals surface area contributed by atoms with Crippen LogP contribution in [0.3, 0.4) is 0 Å². The molecule has 0 unspecified atom stereocenters. The van der Waals surface area contributed by atoms with Gasteiger partial charge >= 0.3 is 0 Å². The van der Waals surface area contributed by atoms with Crippen LogP contribution in [0.2, 0.25) is 15.1 Å².